The summed E-state index contributed by atoms with van der Waals surface area (Å²) in [7, 11) is 0. The zero-order valence-corrected chi connectivity index (χ0v) is 8.98. The lowest BCUT2D eigenvalue weighted by Crippen LogP contribution is -2.40. The van der Waals surface area contributed by atoms with Gasteiger partial charge in [0.2, 0.25) is 11.8 Å². The van der Waals surface area contributed by atoms with E-state index in [-0.39, 0.29) is 17.7 Å². The Hall–Kier alpha value is -0.550. The van der Waals surface area contributed by atoms with Crippen LogP contribution in [0.2, 0.25) is 0 Å². The quantitative estimate of drug-likeness (QED) is 0.580. The fraction of sp³-hybridized carbons (Fsp3) is 0.778. The van der Waals surface area contributed by atoms with Crippen LogP contribution >= 0.6 is 12.6 Å². The summed E-state index contributed by atoms with van der Waals surface area (Å²) in [6, 6.07) is 0. The first-order valence-electron chi connectivity index (χ1n) is 4.89. The molecule has 2 amide bonds. The fourth-order valence-corrected chi connectivity index (χ4v) is 1.69. The van der Waals surface area contributed by atoms with Crippen LogP contribution in [0, 0.1) is 5.92 Å². The highest BCUT2D eigenvalue weighted by molar-refractivity contribution is 7.80. The number of hydrogen-bond acceptors (Lipinski definition) is 4. The largest absolute Gasteiger partial charge is 0.317 e. The van der Waals surface area contributed by atoms with Gasteiger partial charge in [-0.25, -0.2) is 0 Å². The van der Waals surface area contributed by atoms with E-state index in [9.17, 15) is 9.59 Å². The van der Waals surface area contributed by atoms with Gasteiger partial charge in [0, 0.05) is 12.3 Å². The number of hydrogen-bond donors (Lipinski definition) is 3. The Kier molecular flexibility index (Phi) is 4.97. The van der Waals surface area contributed by atoms with Crippen LogP contribution in [-0.2, 0) is 9.59 Å². The molecule has 1 aliphatic heterocycles. The average molecular weight is 216 g/mol. The zero-order chi connectivity index (χ0) is 10.4. The average Bonchev–Trinajstić information content (AvgIpc) is 2.19. The first-order valence-corrected chi connectivity index (χ1v) is 5.52. The van der Waals surface area contributed by atoms with Crippen LogP contribution in [-0.4, -0.2) is 30.7 Å². The van der Waals surface area contributed by atoms with Gasteiger partial charge in [0.05, 0.1) is 0 Å². The third kappa shape index (κ3) is 3.67. The van der Waals surface area contributed by atoms with Crippen molar-refractivity contribution in [1.29, 1.82) is 0 Å². The molecule has 1 saturated heterocycles. The lowest BCUT2D eigenvalue weighted by molar-refractivity contribution is -0.133. The van der Waals surface area contributed by atoms with Crippen LogP contribution in [0.5, 0.6) is 0 Å². The van der Waals surface area contributed by atoms with E-state index >= 15 is 0 Å². The molecule has 0 aliphatic carbocycles. The predicted octanol–water partition coefficient (Wildman–Crippen LogP) is -0.0513. The maximum Gasteiger partial charge on any atom is 0.229 e. The Morgan fingerprint density at radius 1 is 1.36 bits per heavy atom. The molecule has 14 heavy (non-hydrogen) atoms. The molecule has 5 heteroatoms. The topological polar surface area (TPSA) is 58.2 Å². The number of imide groups is 1. The van der Waals surface area contributed by atoms with Crippen molar-refractivity contribution in [3.05, 3.63) is 0 Å². The fourth-order valence-electron chi connectivity index (χ4n) is 1.49. The van der Waals surface area contributed by atoms with Crippen LogP contribution in [0.25, 0.3) is 0 Å². The second kappa shape index (κ2) is 6.03. The van der Waals surface area contributed by atoms with Crippen LogP contribution in [0.4, 0.5) is 0 Å². The van der Waals surface area contributed by atoms with E-state index in [2.05, 4.69) is 23.3 Å². The smallest absolute Gasteiger partial charge is 0.229 e. The summed E-state index contributed by atoms with van der Waals surface area (Å²) < 4.78 is 0. The van der Waals surface area contributed by atoms with Crippen molar-refractivity contribution in [2.24, 2.45) is 5.92 Å². The zero-order valence-electron chi connectivity index (χ0n) is 8.08. The van der Waals surface area contributed by atoms with Gasteiger partial charge in [0.1, 0.15) is 0 Å². The molecule has 0 aromatic carbocycles. The lowest BCUT2D eigenvalue weighted by atomic mass is 9.97. The molecular formula is C9H16N2O2S. The summed E-state index contributed by atoms with van der Waals surface area (Å²) in [5, 5.41) is 5.57. The molecule has 0 radical (unpaired) electrons. The third-order valence-corrected chi connectivity index (χ3v) is 2.54. The van der Waals surface area contributed by atoms with E-state index in [1.54, 1.807) is 0 Å². The molecule has 1 fully saturated rings. The van der Waals surface area contributed by atoms with Crippen molar-refractivity contribution in [3.63, 3.8) is 0 Å². The third-order valence-electron chi connectivity index (χ3n) is 2.31. The molecule has 0 saturated carbocycles. The minimum Gasteiger partial charge on any atom is -0.317 e. The van der Waals surface area contributed by atoms with Gasteiger partial charge in [0.25, 0.3) is 0 Å². The maximum atomic E-state index is 11.5. The highest BCUT2D eigenvalue weighted by Crippen LogP contribution is 2.11. The molecule has 0 unspecified atom stereocenters. The molecular weight excluding hydrogens is 200 g/mol. The Labute approximate surface area is 89.2 Å². The van der Waals surface area contributed by atoms with E-state index in [0.717, 1.165) is 25.9 Å². The van der Waals surface area contributed by atoms with Crippen LogP contribution in [0.1, 0.15) is 19.3 Å². The lowest BCUT2D eigenvalue weighted by Gasteiger charge is -2.21. The van der Waals surface area contributed by atoms with Gasteiger partial charge in [-0.3, -0.25) is 14.9 Å². The number of carbonyl (C=O) groups excluding carboxylic acids is 2. The summed E-state index contributed by atoms with van der Waals surface area (Å²) in [5.41, 5.74) is 0. The minimum absolute atomic E-state index is 0.000109. The molecule has 80 valence electrons. The van der Waals surface area contributed by atoms with E-state index in [1.165, 1.54) is 0 Å². The van der Waals surface area contributed by atoms with Gasteiger partial charge in [-0.15, -0.1) is 0 Å². The predicted molar refractivity (Wildman–Crippen MR) is 57.2 cm³/mol. The van der Waals surface area contributed by atoms with Crippen molar-refractivity contribution in [1.82, 2.24) is 10.6 Å². The molecule has 0 aromatic rings. The van der Waals surface area contributed by atoms with Crippen molar-refractivity contribution in [3.8, 4) is 0 Å². The standard InChI is InChI=1S/C9H16N2O2S/c12-8(3-6-14)11-9(13)7-1-4-10-5-2-7/h7,10,14H,1-6H2,(H,11,12,13). The summed E-state index contributed by atoms with van der Waals surface area (Å²) in [6.07, 6.45) is 1.94. The van der Waals surface area contributed by atoms with Crippen molar-refractivity contribution in [2.75, 3.05) is 18.8 Å². The molecule has 0 aromatic heterocycles. The van der Waals surface area contributed by atoms with Crippen LogP contribution < -0.4 is 10.6 Å². The summed E-state index contributed by atoms with van der Waals surface area (Å²) in [4.78, 5) is 22.6. The molecule has 0 spiro atoms. The molecule has 2 N–H and O–H groups in total. The van der Waals surface area contributed by atoms with Gasteiger partial charge < -0.3 is 5.32 Å². The first kappa shape index (κ1) is 11.5. The second-order valence-corrected chi connectivity index (χ2v) is 3.86. The Balaban J connectivity index is 2.29. The Morgan fingerprint density at radius 2 is 2.00 bits per heavy atom. The number of rotatable bonds is 3. The summed E-state index contributed by atoms with van der Waals surface area (Å²) >= 11 is 3.93. The normalized spacial score (nSPS) is 17.8. The maximum absolute atomic E-state index is 11.5. The van der Waals surface area contributed by atoms with Crippen molar-refractivity contribution >= 4 is 24.4 Å². The minimum atomic E-state index is -0.219. The van der Waals surface area contributed by atoms with Crippen molar-refractivity contribution < 1.29 is 9.59 Å². The number of carbonyl (C=O) groups is 2. The van der Waals surface area contributed by atoms with Crippen LogP contribution in [0.3, 0.4) is 0 Å². The monoisotopic (exact) mass is 216 g/mol. The van der Waals surface area contributed by atoms with E-state index in [4.69, 9.17) is 0 Å². The van der Waals surface area contributed by atoms with Gasteiger partial charge in [-0.05, 0) is 31.7 Å². The van der Waals surface area contributed by atoms with E-state index < -0.39 is 0 Å². The number of nitrogens with one attached hydrogen (secondary N) is 2. The van der Waals surface area contributed by atoms with Gasteiger partial charge in [-0.2, -0.15) is 12.6 Å². The molecule has 0 atom stereocenters. The Bertz CT molecular complexity index is 215. The van der Waals surface area contributed by atoms with Gasteiger partial charge in [0.15, 0.2) is 0 Å². The first-order chi connectivity index (χ1) is 6.74. The second-order valence-electron chi connectivity index (χ2n) is 3.41. The van der Waals surface area contributed by atoms with Gasteiger partial charge in [-0.1, -0.05) is 0 Å². The molecule has 1 heterocycles. The summed E-state index contributed by atoms with van der Waals surface area (Å²) in [6.45, 7) is 1.72. The number of piperidine rings is 1. The van der Waals surface area contributed by atoms with E-state index in [1.807, 2.05) is 0 Å². The van der Waals surface area contributed by atoms with Crippen molar-refractivity contribution in [2.45, 2.75) is 19.3 Å². The number of amides is 2. The molecule has 4 nitrogen and oxygen atoms in total. The summed E-state index contributed by atoms with van der Waals surface area (Å²) in [5.74, 6) is 0.132. The Morgan fingerprint density at radius 3 is 2.57 bits per heavy atom. The molecule has 1 rings (SSSR count). The van der Waals surface area contributed by atoms with E-state index in [0.29, 0.717) is 12.2 Å². The van der Waals surface area contributed by atoms with Crippen LogP contribution in [0.15, 0.2) is 0 Å². The molecule has 0 bridgehead atoms. The van der Waals surface area contributed by atoms with Gasteiger partial charge >= 0.3 is 0 Å². The SMILES string of the molecule is O=C(CCS)NC(=O)C1CCNCC1. The number of thiol groups is 1. The highest BCUT2D eigenvalue weighted by Gasteiger charge is 2.21. The molecule has 1 aliphatic rings. The highest BCUT2D eigenvalue weighted by atomic mass is 32.1.